The molecule has 0 bridgehead atoms. The van der Waals surface area contributed by atoms with E-state index in [2.05, 4.69) is 26.0 Å². The van der Waals surface area contributed by atoms with Gasteiger partial charge in [-0.05, 0) is 77.9 Å². The number of carbonyl (C=O) groups excluding carboxylic acids is 1. The fourth-order valence-electron chi connectivity index (χ4n) is 3.41. The summed E-state index contributed by atoms with van der Waals surface area (Å²) in [5, 5.41) is 2.87. The van der Waals surface area contributed by atoms with Crippen LogP contribution in [-0.2, 0) is 14.8 Å². The van der Waals surface area contributed by atoms with Gasteiger partial charge in [-0.3, -0.25) is 9.52 Å². The Hall–Kier alpha value is -3.88. The molecule has 6 nitrogen and oxygen atoms in total. The Kier molecular flexibility index (Phi) is 7.87. The molecule has 0 unspecified atom stereocenters. The van der Waals surface area contributed by atoms with E-state index in [9.17, 15) is 13.2 Å². The normalized spacial score (nSPS) is 11.6. The number of hydrogen-bond donors (Lipinski definition) is 2. The molecule has 8 heteroatoms. The van der Waals surface area contributed by atoms with Crippen molar-refractivity contribution in [3.63, 3.8) is 0 Å². The molecule has 4 aromatic rings. The number of hydrogen-bond acceptors (Lipinski definition) is 4. The topological polar surface area (TPSA) is 84.5 Å². The van der Waals surface area contributed by atoms with Gasteiger partial charge in [-0.25, -0.2) is 8.42 Å². The van der Waals surface area contributed by atoms with Crippen LogP contribution >= 0.6 is 15.9 Å². The number of anilines is 2. The quantitative estimate of drug-likeness (QED) is 0.191. The molecule has 0 radical (unpaired) electrons. The molecule has 0 aliphatic rings. The minimum Gasteiger partial charge on any atom is -0.497 e. The number of amides is 1. The summed E-state index contributed by atoms with van der Waals surface area (Å²) in [6, 6.07) is 29.6. The number of benzene rings is 4. The molecule has 0 aromatic heterocycles. The molecule has 2 N–H and O–H groups in total. The summed E-state index contributed by atoms with van der Waals surface area (Å²) in [5.74, 6) is 0.406. The molecule has 0 atom stereocenters. The highest BCUT2D eigenvalue weighted by Gasteiger charge is 2.16. The van der Waals surface area contributed by atoms with Gasteiger partial charge >= 0.3 is 0 Å². The maximum absolute atomic E-state index is 13.3. The summed E-state index contributed by atoms with van der Waals surface area (Å²) in [5.41, 5.74) is 2.98. The molecular weight excluding hydrogens is 540 g/mol. The first kappa shape index (κ1) is 25.2. The largest absolute Gasteiger partial charge is 0.497 e. The van der Waals surface area contributed by atoms with Crippen molar-refractivity contribution in [1.82, 2.24) is 0 Å². The van der Waals surface area contributed by atoms with Gasteiger partial charge in [0.05, 0.1) is 12.0 Å². The lowest BCUT2D eigenvalue weighted by Gasteiger charge is -2.12. The van der Waals surface area contributed by atoms with Crippen LogP contribution in [0.5, 0.6) is 5.75 Å². The van der Waals surface area contributed by atoms with E-state index in [1.165, 1.54) is 12.1 Å². The highest BCUT2D eigenvalue weighted by atomic mass is 79.9. The van der Waals surface area contributed by atoms with Crippen molar-refractivity contribution in [2.24, 2.45) is 0 Å². The van der Waals surface area contributed by atoms with Gasteiger partial charge in [-0.1, -0.05) is 58.4 Å². The van der Waals surface area contributed by atoms with Crippen molar-refractivity contribution < 1.29 is 17.9 Å². The molecule has 0 saturated carbocycles. The van der Waals surface area contributed by atoms with Gasteiger partial charge in [-0.15, -0.1) is 0 Å². The molecular formula is C28H23BrN2O4S. The maximum Gasteiger partial charge on any atom is 0.261 e. The first-order chi connectivity index (χ1) is 17.3. The second-order valence-corrected chi connectivity index (χ2v) is 10.4. The van der Waals surface area contributed by atoms with E-state index in [0.29, 0.717) is 16.9 Å². The zero-order valence-corrected chi connectivity index (χ0v) is 21.7. The lowest BCUT2D eigenvalue weighted by molar-refractivity contribution is -0.111. The number of carbonyl (C=O) groups is 1. The first-order valence-corrected chi connectivity index (χ1v) is 13.2. The summed E-state index contributed by atoms with van der Waals surface area (Å²) in [6.07, 6.45) is 1.80. The highest BCUT2D eigenvalue weighted by Crippen LogP contribution is 2.24. The minimum absolute atomic E-state index is 0.0838. The smallest absolute Gasteiger partial charge is 0.261 e. The SMILES string of the molecule is COc1ccc(/C=C(/C(=O)Nc2ccc(S(=O)(=O)Nc3ccc(Br)cc3)cc2)c2ccccc2)cc1. The average Bonchev–Trinajstić information content (AvgIpc) is 2.89. The summed E-state index contributed by atoms with van der Waals surface area (Å²) < 4.78 is 34.1. The van der Waals surface area contributed by atoms with E-state index < -0.39 is 10.0 Å². The fourth-order valence-corrected chi connectivity index (χ4v) is 4.74. The van der Waals surface area contributed by atoms with Crippen LogP contribution in [0, 0.1) is 0 Å². The van der Waals surface area contributed by atoms with Crippen molar-refractivity contribution in [3.05, 3.63) is 119 Å². The lowest BCUT2D eigenvalue weighted by Crippen LogP contribution is -2.15. The van der Waals surface area contributed by atoms with Crippen molar-refractivity contribution in [2.75, 3.05) is 17.1 Å². The molecule has 0 fully saturated rings. The van der Waals surface area contributed by atoms with Crippen molar-refractivity contribution in [3.8, 4) is 5.75 Å². The summed E-state index contributed by atoms with van der Waals surface area (Å²) in [7, 11) is -2.18. The monoisotopic (exact) mass is 562 g/mol. The molecule has 0 aliphatic heterocycles. The molecule has 1 amide bonds. The number of rotatable bonds is 8. The van der Waals surface area contributed by atoms with E-state index in [-0.39, 0.29) is 10.8 Å². The second-order valence-electron chi connectivity index (χ2n) is 7.79. The molecule has 0 heterocycles. The zero-order chi connectivity index (χ0) is 25.5. The van der Waals surface area contributed by atoms with Crippen LogP contribution < -0.4 is 14.8 Å². The Balaban J connectivity index is 1.54. The van der Waals surface area contributed by atoms with E-state index in [1.807, 2.05) is 54.6 Å². The predicted molar refractivity (Wildman–Crippen MR) is 147 cm³/mol. The average molecular weight is 563 g/mol. The summed E-state index contributed by atoms with van der Waals surface area (Å²) in [4.78, 5) is 13.3. The number of methoxy groups -OCH3 is 1. The Labute approximate surface area is 218 Å². The van der Waals surface area contributed by atoms with Crippen LogP contribution in [0.3, 0.4) is 0 Å². The maximum atomic E-state index is 13.3. The van der Waals surface area contributed by atoms with Crippen LogP contribution in [0.1, 0.15) is 11.1 Å². The Morgan fingerprint density at radius 3 is 2.03 bits per heavy atom. The number of nitrogens with one attached hydrogen (secondary N) is 2. The van der Waals surface area contributed by atoms with Crippen LogP contribution in [0.15, 0.2) is 112 Å². The third-order valence-corrected chi connectivity index (χ3v) is 7.20. The predicted octanol–water partition coefficient (Wildman–Crippen LogP) is 6.44. The fraction of sp³-hybridized carbons (Fsp3) is 0.0357. The van der Waals surface area contributed by atoms with Gasteiger partial charge in [-0.2, -0.15) is 0 Å². The van der Waals surface area contributed by atoms with Crippen molar-refractivity contribution in [1.29, 1.82) is 0 Å². The molecule has 36 heavy (non-hydrogen) atoms. The number of ether oxygens (including phenoxy) is 1. The van der Waals surface area contributed by atoms with Gasteiger partial charge in [0, 0.05) is 21.4 Å². The molecule has 4 rings (SSSR count). The van der Waals surface area contributed by atoms with Crippen LogP contribution in [-0.4, -0.2) is 21.4 Å². The zero-order valence-electron chi connectivity index (χ0n) is 19.3. The van der Waals surface area contributed by atoms with E-state index in [1.54, 1.807) is 49.6 Å². The van der Waals surface area contributed by atoms with Gasteiger partial charge in [0.2, 0.25) is 0 Å². The Morgan fingerprint density at radius 2 is 1.42 bits per heavy atom. The molecule has 182 valence electrons. The summed E-state index contributed by atoms with van der Waals surface area (Å²) in [6.45, 7) is 0. The molecule has 0 saturated heterocycles. The Morgan fingerprint density at radius 1 is 0.806 bits per heavy atom. The van der Waals surface area contributed by atoms with Crippen molar-refractivity contribution >= 4 is 54.9 Å². The number of sulfonamides is 1. The van der Waals surface area contributed by atoms with Gasteiger partial charge in [0.15, 0.2) is 0 Å². The third kappa shape index (κ3) is 6.41. The van der Waals surface area contributed by atoms with E-state index in [0.717, 1.165) is 21.3 Å². The highest BCUT2D eigenvalue weighted by molar-refractivity contribution is 9.10. The summed E-state index contributed by atoms with van der Waals surface area (Å²) >= 11 is 3.33. The first-order valence-electron chi connectivity index (χ1n) is 10.9. The van der Waals surface area contributed by atoms with Crippen molar-refractivity contribution in [2.45, 2.75) is 4.90 Å². The van der Waals surface area contributed by atoms with Crippen LogP contribution in [0.25, 0.3) is 11.6 Å². The van der Waals surface area contributed by atoms with Crippen LogP contribution in [0.4, 0.5) is 11.4 Å². The van der Waals surface area contributed by atoms with E-state index in [4.69, 9.17) is 4.74 Å². The third-order valence-electron chi connectivity index (χ3n) is 5.28. The number of halogens is 1. The van der Waals surface area contributed by atoms with Gasteiger partial charge in [0.25, 0.3) is 15.9 Å². The molecule has 0 spiro atoms. The van der Waals surface area contributed by atoms with Gasteiger partial charge in [0.1, 0.15) is 5.75 Å². The van der Waals surface area contributed by atoms with Crippen LogP contribution in [0.2, 0.25) is 0 Å². The lowest BCUT2D eigenvalue weighted by atomic mass is 10.0. The standard InChI is InChI=1S/C28H23BrN2O4S/c1-35-25-15-7-20(8-16-25)19-27(21-5-3-2-4-6-21)28(32)30-23-13-17-26(18-14-23)36(33,34)31-24-11-9-22(29)10-12-24/h2-19,31H,1H3,(H,30,32)/b27-19+. The van der Waals surface area contributed by atoms with Gasteiger partial charge < -0.3 is 10.1 Å². The minimum atomic E-state index is -3.78. The molecule has 4 aromatic carbocycles. The molecule has 0 aliphatic carbocycles. The second kappa shape index (κ2) is 11.2. The van der Waals surface area contributed by atoms with E-state index >= 15 is 0 Å². The Bertz CT molecular complexity index is 1470.